The van der Waals surface area contributed by atoms with Gasteiger partial charge >= 0.3 is 0 Å². The highest BCUT2D eigenvalue weighted by Crippen LogP contribution is 2.16. The second-order valence-electron chi connectivity index (χ2n) is 2.98. The van der Waals surface area contributed by atoms with E-state index in [1.54, 1.807) is 12.1 Å². The maximum absolute atomic E-state index is 13.1. The van der Waals surface area contributed by atoms with Crippen LogP contribution in [0.3, 0.4) is 0 Å². The fourth-order valence-corrected chi connectivity index (χ4v) is 1.39. The summed E-state index contributed by atoms with van der Waals surface area (Å²) in [4.78, 5) is 0. The zero-order chi connectivity index (χ0) is 9.68. The van der Waals surface area contributed by atoms with E-state index in [2.05, 4.69) is 0 Å². The highest BCUT2D eigenvalue weighted by Gasteiger charge is 2.01. The summed E-state index contributed by atoms with van der Waals surface area (Å²) >= 11 is 5.74. The lowest BCUT2D eigenvalue weighted by molar-refractivity contribution is 0.601. The van der Waals surface area contributed by atoms with Crippen molar-refractivity contribution in [2.75, 3.05) is 6.54 Å². The van der Waals surface area contributed by atoms with Crippen LogP contribution in [0, 0.1) is 5.82 Å². The van der Waals surface area contributed by atoms with Gasteiger partial charge in [0.05, 0.1) is 0 Å². The molecule has 0 aromatic heterocycles. The highest BCUT2D eigenvalue weighted by molar-refractivity contribution is 6.30. The quantitative estimate of drug-likeness (QED) is 0.745. The summed E-state index contributed by atoms with van der Waals surface area (Å²) < 4.78 is 13.1. The van der Waals surface area contributed by atoms with Crippen LogP contribution in [-0.2, 0) is 6.42 Å². The van der Waals surface area contributed by atoms with Crippen LogP contribution < -0.4 is 5.73 Å². The number of unbranched alkanes of at least 4 members (excludes halogenated alkanes) is 1. The van der Waals surface area contributed by atoms with Crippen LogP contribution in [0.15, 0.2) is 18.2 Å². The largest absolute Gasteiger partial charge is 0.330 e. The molecule has 0 spiro atoms. The molecule has 0 heterocycles. The number of aryl methyl sites for hydroxylation is 1. The fraction of sp³-hybridized carbons (Fsp3) is 0.400. The lowest BCUT2D eigenvalue weighted by atomic mass is 10.1. The molecular formula is C10H13ClFN. The summed E-state index contributed by atoms with van der Waals surface area (Å²) in [5.41, 5.74) is 6.02. The van der Waals surface area contributed by atoms with Gasteiger partial charge in [-0.1, -0.05) is 11.6 Å². The Hall–Kier alpha value is -0.600. The Labute approximate surface area is 82.7 Å². The summed E-state index contributed by atoms with van der Waals surface area (Å²) in [6, 6.07) is 4.64. The van der Waals surface area contributed by atoms with Gasteiger partial charge in [0, 0.05) is 5.02 Å². The SMILES string of the molecule is NCCCCc1cc(Cl)ccc1F. The molecular weight excluding hydrogens is 189 g/mol. The molecule has 0 atom stereocenters. The van der Waals surface area contributed by atoms with E-state index < -0.39 is 0 Å². The Morgan fingerprint density at radius 3 is 2.77 bits per heavy atom. The molecule has 0 amide bonds. The van der Waals surface area contributed by atoms with Gasteiger partial charge in [0.2, 0.25) is 0 Å². The summed E-state index contributed by atoms with van der Waals surface area (Å²) in [5.74, 6) is -0.179. The molecule has 72 valence electrons. The Kier molecular flexibility index (Phi) is 4.19. The zero-order valence-electron chi connectivity index (χ0n) is 7.39. The van der Waals surface area contributed by atoms with Crippen LogP contribution in [0.2, 0.25) is 5.02 Å². The smallest absolute Gasteiger partial charge is 0.126 e. The van der Waals surface area contributed by atoms with Crippen molar-refractivity contribution < 1.29 is 4.39 Å². The van der Waals surface area contributed by atoms with Crippen molar-refractivity contribution >= 4 is 11.6 Å². The summed E-state index contributed by atoms with van der Waals surface area (Å²) in [7, 11) is 0. The van der Waals surface area contributed by atoms with E-state index in [1.165, 1.54) is 6.07 Å². The molecule has 1 rings (SSSR count). The van der Waals surface area contributed by atoms with Crippen molar-refractivity contribution in [1.82, 2.24) is 0 Å². The maximum Gasteiger partial charge on any atom is 0.126 e. The van der Waals surface area contributed by atoms with E-state index in [0.717, 1.165) is 12.8 Å². The van der Waals surface area contributed by atoms with E-state index in [0.29, 0.717) is 23.6 Å². The molecule has 0 unspecified atom stereocenters. The van der Waals surface area contributed by atoms with Gasteiger partial charge in [-0.15, -0.1) is 0 Å². The van der Waals surface area contributed by atoms with E-state index in [9.17, 15) is 4.39 Å². The molecule has 1 aromatic carbocycles. The second kappa shape index (κ2) is 5.20. The zero-order valence-corrected chi connectivity index (χ0v) is 8.15. The summed E-state index contributed by atoms with van der Waals surface area (Å²) in [5, 5.41) is 0.587. The number of hydrogen-bond acceptors (Lipinski definition) is 1. The number of benzene rings is 1. The minimum absolute atomic E-state index is 0.179. The van der Waals surface area contributed by atoms with Crippen molar-refractivity contribution in [2.45, 2.75) is 19.3 Å². The fourth-order valence-electron chi connectivity index (χ4n) is 1.19. The first kappa shape index (κ1) is 10.5. The Morgan fingerprint density at radius 1 is 1.31 bits per heavy atom. The lowest BCUT2D eigenvalue weighted by Crippen LogP contribution is -1.99. The van der Waals surface area contributed by atoms with Gasteiger partial charge in [0.1, 0.15) is 5.82 Å². The molecule has 0 saturated heterocycles. The minimum atomic E-state index is -0.179. The van der Waals surface area contributed by atoms with Gasteiger partial charge < -0.3 is 5.73 Å². The molecule has 0 aliphatic carbocycles. The van der Waals surface area contributed by atoms with Crippen LogP contribution in [-0.4, -0.2) is 6.54 Å². The van der Waals surface area contributed by atoms with Crippen LogP contribution in [0.25, 0.3) is 0 Å². The molecule has 0 bridgehead atoms. The van der Waals surface area contributed by atoms with E-state index in [1.807, 2.05) is 0 Å². The maximum atomic E-state index is 13.1. The van der Waals surface area contributed by atoms with Crippen LogP contribution >= 0.6 is 11.6 Å². The molecule has 1 nitrogen and oxygen atoms in total. The van der Waals surface area contributed by atoms with E-state index in [4.69, 9.17) is 17.3 Å². The molecule has 0 fully saturated rings. The predicted molar refractivity (Wildman–Crippen MR) is 53.4 cm³/mol. The van der Waals surface area contributed by atoms with Crippen LogP contribution in [0.5, 0.6) is 0 Å². The predicted octanol–water partition coefficient (Wildman–Crippen LogP) is 2.76. The minimum Gasteiger partial charge on any atom is -0.330 e. The monoisotopic (exact) mass is 201 g/mol. The first-order chi connectivity index (χ1) is 6.24. The Bertz CT molecular complexity index is 276. The lowest BCUT2D eigenvalue weighted by Gasteiger charge is -2.02. The summed E-state index contributed by atoms with van der Waals surface area (Å²) in [6.45, 7) is 0.655. The molecule has 2 N–H and O–H groups in total. The van der Waals surface area contributed by atoms with Gasteiger partial charge in [0.25, 0.3) is 0 Å². The van der Waals surface area contributed by atoms with Gasteiger partial charge in [-0.3, -0.25) is 0 Å². The highest BCUT2D eigenvalue weighted by atomic mass is 35.5. The topological polar surface area (TPSA) is 26.0 Å². The second-order valence-corrected chi connectivity index (χ2v) is 3.42. The van der Waals surface area contributed by atoms with Crippen molar-refractivity contribution in [3.8, 4) is 0 Å². The van der Waals surface area contributed by atoms with Crippen molar-refractivity contribution in [3.63, 3.8) is 0 Å². The molecule has 3 heteroatoms. The third-order valence-corrected chi connectivity index (χ3v) is 2.14. The average Bonchev–Trinajstić information content (AvgIpc) is 2.11. The number of hydrogen-bond donors (Lipinski definition) is 1. The third kappa shape index (κ3) is 3.33. The normalized spacial score (nSPS) is 10.4. The molecule has 13 heavy (non-hydrogen) atoms. The standard InChI is InChI=1S/C10H13ClFN/c11-9-4-5-10(12)8(7-9)3-1-2-6-13/h4-5,7H,1-3,6,13H2. The average molecular weight is 202 g/mol. The van der Waals surface area contributed by atoms with Gasteiger partial charge in [-0.2, -0.15) is 0 Å². The number of nitrogens with two attached hydrogens (primary N) is 1. The van der Waals surface area contributed by atoms with Gasteiger partial charge in [0.15, 0.2) is 0 Å². The third-order valence-electron chi connectivity index (χ3n) is 1.91. The molecule has 0 radical (unpaired) electrons. The van der Waals surface area contributed by atoms with E-state index >= 15 is 0 Å². The molecule has 1 aromatic rings. The molecule has 0 aliphatic rings. The van der Waals surface area contributed by atoms with E-state index in [-0.39, 0.29) is 5.82 Å². The van der Waals surface area contributed by atoms with Gasteiger partial charge in [-0.25, -0.2) is 4.39 Å². The Balaban J connectivity index is 2.59. The number of halogens is 2. The van der Waals surface area contributed by atoms with Gasteiger partial charge in [-0.05, 0) is 49.6 Å². The van der Waals surface area contributed by atoms with Crippen molar-refractivity contribution in [1.29, 1.82) is 0 Å². The Morgan fingerprint density at radius 2 is 2.08 bits per heavy atom. The molecule has 0 aliphatic heterocycles. The molecule has 0 saturated carbocycles. The van der Waals surface area contributed by atoms with Crippen molar-refractivity contribution in [2.24, 2.45) is 5.73 Å². The first-order valence-electron chi connectivity index (χ1n) is 4.38. The number of rotatable bonds is 4. The summed E-state index contributed by atoms with van der Waals surface area (Å²) in [6.07, 6.45) is 2.54. The van der Waals surface area contributed by atoms with Crippen molar-refractivity contribution in [3.05, 3.63) is 34.6 Å². The van der Waals surface area contributed by atoms with Crippen LogP contribution in [0.1, 0.15) is 18.4 Å². The van der Waals surface area contributed by atoms with Crippen LogP contribution in [0.4, 0.5) is 4.39 Å². The first-order valence-corrected chi connectivity index (χ1v) is 4.76.